The minimum absolute atomic E-state index is 0.298. The first kappa shape index (κ1) is 16.4. The van der Waals surface area contributed by atoms with Crippen molar-refractivity contribution in [3.05, 3.63) is 58.9 Å². The molecule has 2 heteroatoms. The summed E-state index contributed by atoms with van der Waals surface area (Å²) in [5.41, 5.74) is 5.85. The fourth-order valence-electron chi connectivity index (χ4n) is 4.85. The molecule has 2 nitrogen and oxygen atoms in total. The van der Waals surface area contributed by atoms with E-state index in [-0.39, 0.29) is 0 Å². The Bertz CT molecular complexity index is 806. The summed E-state index contributed by atoms with van der Waals surface area (Å²) < 4.78 is 2.28. The van der Waals surface area contributed by atoms with Crippen LogP contribution in [0.4, 0.5) is 0 Å². The van der Waals surface area contributed by atoms with Crippen LogP contribution in [0.1, 0.15) is 55.5 Å². The van der Waals surface area contributed by atoms with Crippen molar-refractivity contribution in [1.82, 2.24) is 4.57 Å². The smallest absolute Gasteiger partial charge is 0.162 e. The van der Waals surface area contributed by atoms with Gasteiger partial charge in [0, 0.05) is 23.0 Å². The summed E-state index contributed by atoms with van der Waals surface area (Å²) in [6.07, 6.45) is 9.32. The van der Waals surface area contributed by atoms with Crippen molar-refractivity contribution in [2.75, 3.05) is 0 Å². The summed E-state index contributed by atoms with van der Waals surface area (Å²) in [6, 6.07) is 12.7. The van der Waals surface area contributed by atoms with Gasteiger partial charge in [-0.05, 0) is 80.9 Å². The van der Waals surface area contributed by atoms with E-state index in [4.69, 9.17) is 0 Å². The van der Waals surface area contributed by atoms with E-state index in [1.165, 1.54) is 48.3 Å². The standard InChI is InChI=1S/C23H27NO/c1-16-14-20(17(2)24(16)21-10-4-3-5-11-21)15-19-12-13-22(23(19)25)18-8-6-7-9-18/h3-5,10-11,14-15,18,22H,6-9,12-13H2,1-2H3/b19-15+/t22-/m0/s1. The zero-order valence-electron chi connectivity index (χ0n) is 15.3. The molecule has 2 saturated carbocycles. The first-order chi connectivity index (χ1) is 12.1. The van der Waals surface area contributed by atoms with Crippen LogP contribution in [0.15, 0.2) is 42.0 Å². The average Bonchev–Trinajstić information content (AvgIpc) is 3.31. The van der Waals surface area contributed by atoms with Crippen molar-refractivity contribution in [2.45, 2.75) is 52.4 Å². The second-order valence-corrected chi connectivity index (χ2v) is 7.72. The van der Waals surface area contributed by atoms with Gasteiger partial charge in [0.15, 0.2) is 5.78 Å². The predicted molar refractivity (Wildman–Crippen MR) is 103 cm³/mol. The highest BCUT2D eigenvalue weighted by atomic mass is 16.1. The Kier molecular flexibility index (Phi) is 4.37. The highest BCUT2D eigenvalue weighted by Gasteiger charge is 2.36. The van der Waals surface area contributed by atoms with Gasteiger partial charge in [0.05, 0.1) is 0 Å². The van der Waals surface area contributed by atoms with Crippen LogP contribution in [-0.4, -0.2) is 10.4 Å². The molecule has 1 aromatic heterocycles. The summed E-state index contributed by atoms with van der Waals surface area (Å²) in [4.78, 5) is 12.9. The summed E-state index contributed by atoms with van der Waals surface area (Å²) in [7, 11) is 0. The van der Waals surface area contributed by atoms with E-state index in [9.17, 15) is 4.79 Å². The number of allylic oxidation sites excluding steroid dienone is 1. The molecule has 0 spiro atoms. The number of aryl methyl sites for hydroxylation is 1. The number of ketones is 1. The predicted octanol–water partition coefficient (Wildman–Crippen LogP) is 5.65. The average molecular weight is 333 g/mol. The van der Waals surface area contributed by atoms with Crippen LogP contribution in [0, 0.1) is 25.7 Å². The summed E-state index contributed by atoms with van der Waals surface area (Å²) in [5.74, 6) is 1.37. The Balaban J connectivity index is 1.63. The molecule has 25 heavy (non-hydrogen) atoms. The molecular weight excluding hydrogens is 306 g/mol. The quantitative estimate of drug-likeness (QED) is 0.666. The van der Waals surface area contributed by atoms with Gasteiger partial charge < -0.3 is 4.57 Å². The lowest BCUT2D eigenvalue weighted by Gasteiger charge is -2.15. The first-order valence-electron chi connectivity index (χ1n) is 9.64. The molecule has 1 atom stereocenters. The number of carbonyl (C=O) groups is 1. The Morgan fingerprint density at radius 1 is 1.04 bits per heavy atom. The number of hydrogen-bond donors (Lipinski definition) is 0. The molecular formula is C23H27NO. The van der Waals surface area contributed by atoms with E-state index < -0.39 is 0 Å². The van der Waals surface area contributed by atoms with Gasteiger partial charge in [0.2, 0.25) is 0 Å². The maximum atomic E-state index is 12.9. The van der Waals surface area contributed by atoms with Crippen LogP contribution < -0.4 is 0 Å². The summed E-state index contributed by atoms with van der Waals surface area (Å²) in [5, 5.41) is 0. The molecule has 0 N–H and O–H groups in total. The maximum Gasteiger partial charge on any atom is 0.162 e. The minimum atomic E-state index is 0.298. The maximum absolute atomic E-state index is 12.9. The molecule has 2 fully saturated rings. The molecule has 4 rings (SSSR count). The van der Waals surface area contributed by atoms with Gasteiger partial charge in [-0.1, -0.05) is 31.0 Å². The van der Waals surface area contributed by atoms with Gasteiger partial charge in [-0.25, -0.2) is 0 Å². The number of nitrogens with zero attached hydrogens (tertiary/aromatic N) is 1. The Morgan fingerprint density at radius 2 is 1.76 bits per heavy atom. The lowest BCUT2D eigenvalue weighted by Crippen LogP contribution is -2.16. The largest absolute Gasteiger partial charge is 0.318 e. The highest BCUT2D eigenvalue weighted by molar-refractivity contribution is 6.03. The van der Waals surface area contributed by atoms with Crippen molar-refractivity contribution in [2.24, 2.45) is 11.8 Å². The number of aromatic nitrogens is 1. The van der Waals surface area contributed by atoms with E-state index in [1.54, 1.807) is 0 Å². The summed E-state index contributed by atoms with van der Waals surface area (Å²) in [6.45, 7) is 4.29. The minimum Gasteiger partial charge on any atom is -0.318 e. The molecule has 2 aliphatic rings. The number of hydrogen-bond acceptors (Lipinski definition) is 1. The molecule has 0 bridgehead atoms. The molecule has 0 saturated heterocycles. The Labute approximate surface area is 150 Å². The fourth-order valence-corrected chi connectivity index (χ4v) is 4.85. The van der Waals surface area contributed by atoms with Gasteiger partial charge in [0.25, 0.3) is 0 Å². The van der Waals surface area contributed by atoms with E-state index in [1.807, 2.05) is 6.07 Å². The Hall–Kier alpha value is -2.09. The number of Topliss-reactive ketones (excluding diaryl/α,β-unsaturated/α-hetero) is 1. The highest BCUT2D eigenvalue weighted by Crippen LogP contribution is 2.41. The molecule has 2 aromatic rings. The van der Waals surface area contributed by atoms with Crippen LogP contribution in [0.5, 0.6) is 0 Å². The van der Waals surface area contributed by atoms with Crippen LogP contribution >= 0.6 is 0 Å². The Morgan fingerprint density at radius 3 is 2.48 bits per heavy atom. The van der Waals surface area contributed by atoms with Crippen LogP contribution in [-0.2, 0) is 4.79 Å². The van der Waals surface area contributed by atoms with Crippen molar-refractivity contribution < 1.29 is 4.79 Å². The number of carbonyl (C=O) groups excluding carboxylic acids is 1. The molecule has 0 radical (unpaired) electrons. The SMILES string of the molecule is Cc1cc(/C=C2\CC[C@@H](C3CCCC3)C2=O)c(C)n1-c1ccccc1. The number of para-hydroxylation sites is 1. The zero-order chi connectivity index (χ0) is 17.4. The van der Waals surface area contributed by atoms with E-state index in [2.05, 4.69) is 54.8 Å². The van der Waals surface area contributed by atoms with E-state index in [0.29, 0.717) is 17.6 Å². The molecule has 130 valence electrons. The molecule has 1 aromatic carbocycles. The second-order valence-electron chi connectivity index (χ2n) is 7.72. The van der Waals surface area contributed by atoms with Gasteiger partial charge in [-0.2, -0.15) is 0 Å². The fraction of sp³-hybridized carbons (Fsp3) is 0.435. The van der Waals surface area contributed by atoms with Gasteiger partial charge in [-0.3, -0.25) is 4.79 Å². The van der Waals surface area contributed by atoms with Crippen molar-refractivity contribution in [1.29, 1.82) is 0 Å². The summed E-state index contributed by atoms with van der Waals surface area (Å²) >= 11 is 0. The lowest BCUT2D eigenvalue weighted by atomic mass is 9.88. The first-order valence-corrected chi connectivity index (χ1v) is 9.64. The molecule has 0 amide bonds. The third kappa shape index (κ3) is 2.99. The van der Waals surface area contributed by atoms with Crippen molar-refractivity contribution in [3.8, 4) is 5.69 Å². The molecule has 0 aliphatic heterocycles. The van der Waals surface area contributed by atoms with Gasteiger partial charge in [0.1, 0.15) is 0 Å². The third-order valence-electron chi connectivity index (χ3n) is 6.16. The monoisotopic (exact) mass is 333 g/mol. The second kappa shape index (κ2) is 6.67. The lowest BCUT2D eigenvalue weighted by molar-refractivity contribution is -0.119. The van der Waals surface area contributed by atoms with E-state index in [0.717, 1.165) is 18.4 Å². The molecule has 1 heterocycles. The van der Waals surface area contributed by atoms with Gasteiger partial charge >= 0.3 is 0 Å². The van der Waals surface area contributed by atoms with Crippen LogP contribution in [0.25, 0.3) is 11.8 Å². The molecule has 2 aliphatic carbocycles. The van der Waals surface area contributed by atoms with Crippen molar-refractivity contribution in [3.63, 3.8) is 0 Å². The zero-order valence-corrected chi connectivity index (χ0v) is 15.3. The number of benzene rings is 1. The normalized spacial score (nSPS) is 23.0. The number of rotatable bonds is 3. The third-order valence-corrected chi connectivity index (χ3v) is 6.16. The van der Waals surface area contributed by atoms with Crippen LogP contribution in [0.3, 0.4) is 0 Å². The molecule has 0 unspecified atom stereocenters. The topological polar surface area (TPSA) is 22.0 Å². The van der Waals surface area contributed by atoms with Gasteiger partial charge in [-0.15, -0.1) is 0 Å². The van der Waals surface area contributed by atoms with E-state index >= 15 is 0 Å². The van der Waals surface area contributed by atoms with Crippen LogP contribution in [0.2, 0.25) is 0 Å². The van der Waals surface area contributed by atoms with Crippen molar-refractivity contribution >= 4 is 11.9 Å².